The molecule has 7 heteroatoms. The topological polar surface area (TPSA) is 98.7 Å². The molecule has 1 aliphatic carbocycles. The van der Waals surface area contributed by atoms with Crippen LogP contribution in [0, 0.1) is 0 Å². The summed E-state index contributed by atoms with van der Waals surface area (Å²) in [6.07, 6.45) is 0. The van der Waals surface area contributed by atoms with Crippen molar-refractivity contribution in [1.82, 2.24) is 9.88 Å². The summed E-state index contributed by atoms with van der Waals surface area (Å²) in [6, 6.07) is 16.6. The molecule has 7 nitrogen and oxygen atoms in total. The van der Waals surface area contributed by atoms with Gasteiger partial charge in [0.25, 0.3) is 6.01 Å². The summed E-state index contributed by atoms with van der Waals surface area (Å²) in [5.74, 6) is -0.469. The van der Waals surface area contributed by atoms with Gasteiger partial charge < -0.3 is 19.8 Å². The lowest BCUT2D eigenvalue weighted by Crippen LogP contribution is -2.41. The molecule has 5 rings (SSSR count). The number of hydrogen-bond donors (Lipinski definition) is 1. The van der Waals surface area contributed by atoms with Crippen molar-refractivity contribution < 1.29 is 18.7 Å². The predicted octanol–water partition coefficient (Wildman–Crippen LogP) is 2.97. The summed E-state index contributed by atoms with van der Waals surface area (Å²) in [5.41, 5.74) is 7.49. The van der Waals surface area contributed by atoms with Crippen LogP contribution >= 0.6 is 0 Å². The zero-order valence-electron chi connectivity index (χ0n) is 16.5. The fourth-order valence-corrected chi connectivity index (χ4v) is 4.57. The average Bonchev–Trinajstić information content (AvgIpc) is 3.34. The fourth-order valence-electron chi connectivity index (χ4n) is 4.57. The van der Waals surface area contributed by atoms with E-state index in [1.54, 1.807) is 14.0 Å². The lowest BCUT2D eigenvalue weighted by Gasteiger charge is -2.25. The molecule has 2 aromatic carbocycles. The SMILES string of the molecule is CCOC(=O)C1=C(c2ccccc2)N(C)C(=O)[C@@]12c1ccccc1-c1oc(N)nc12. The maximum absolute atomic E-state index is 13.9. The molecule has 2 N–H and O–H groups in total. The molecule has 0 saturated carbocycles. The Morgan fingerprint density at radius 2 is 1.87 bits per heavy atom. The Labute approximate surface area is 172 Å². The van der Waals surface area contributed by atoms with Gasteiger partial charge in [-0.15, -0.1) is 0 Å². The maximum atomic E-state index is 13.9. The second kappa shape index (κ2) is 6.32. The van der Waals surface area contributed by atoms with Gasteiger partial charge in [-0.1, -0.05) is 54.6 Å². The van der Waals surface area contributed by atoms with E-state index in [2.05, 4.69) is 4.98 Å². The molecule has 2 heterocycles. The van der Waals surface area contributed by atoms with Crippen LogP contribution in [0.15, 0.2) is 64.6 Å². The Hall–Kier alpha value is -3.87. The van der Waals surface area contributed by atoms with E-state index in [-0.39, 0.29) is 24.1 Å². The van der Waals surface area contributed by atoms with Gasteiger partial charge in [-0.05, 0) is 18.1 Å². The van der Waals surface area contributed by atoms with E-state index in [1.165, 1.54) is 4.90 Å². The number of carbonyl (C=O) groups excluding carboxylic acids is 2. The standard InChI is InChI=1S/C23H19N3O4/c1-3-29-20(27)16-17(13-9-5-4-6-10-13)26(2)21(28)23(16)15-12-8-7-11-14(15)18-19(23)25-22(24)30-18/h4-12H,3H2,1-2H3,(H2,24,25)/t23-/m0/s1. The minimum absolute atomic E-state index is 0.0549. The molecule has 1 amide bonds. The number of carbonyl (C=O) groups is 2. The first-order valence-electron chi connectivity index (χ1n) is 9.63. The Morgan fingerprint density at radius 3 is 2.60 bits per heavy atom. The molecule has 1 spiro atoms. The van der Waals surface area contributed by atoms with Gasteiger partial charge in [-0.25, -0.2) is 4.79 Å². The van der Waals surface area contributed by atoms with Gasteiger partial charge in [-0.3, -0.25) is 4.79 Å². The fraction of sp³-hybridized carbons (Fsp3) is 0.174. The summed E-state index contributed by atoms with van der Waals surface area (Å²) in [7, 11) is 1.66. The zero-order valence-corrected chi connectivity index (χ0v) is 16.5. The van der Waals surface area contributed by atoms with Gasteiger partial charge >= 0.3 is 5.97 Å². The number of amides is 1. The molecule has 0 radical (unpaired) electrons. The van der Waals surface area contributed by atoms with Crippen LogP contribution in [0.1, 0.15) is 23.7 Å². The van der Waals surface area contributed by atoms with Gasteiger partial charge in [0, 0.05) is 12.6 Å². The number of aromatic nitrogens is 1. The van der Waals surface area contributed by atoms with Crippen molar-refractivity contribution in [3.63, 3.8) is 0 Å². The number of esters is 1. The van der Waals surface area contributed by atoms with Crippen molar-refractivity contribution in [2.45, 2.75) is 12.3 Å². The van der Waals surface area contributed by atoms with Crippen LogP contribution in [-0.4, -0.2) is 35.4 Å². The van der Waals surface area contributed by atoms with Crippen LogP contribution in [0.2, 0.25) is 0 Å². The van der Waals surface area contributed by atoms with Gasteiger partial charge in [0.1, 0.15) is 5.69 Å². The number of benzene rings is 2. The van der Waals surface area contributed by atoms with Crippen molar-refractivity contribution in [1.29, 1.82) is 0 Å². The molecule has 1 aliphatic heterocycles. The van der Waals surface area contributed by atoms with E-state index in [9.17, 15) is 9.59 Å². The Bertz CT molecular complexity index is 1230. The molecule has 1 atom stereocenters. The summed E-state index contributed by atoms with van der Waals surface area (Å²) in [5, 5.41) is 0. The summed E-state index contributed by atoms with van der Waals surface area (Å²) >= 11 is 0. The molecule has 2 aliphatic rings. The highest BCUT2D eigenvalue weighted by Gasteiger charge is 2.63. The molecule has 0 bridgehead atoms. The molecule has 0 fully saturated rings. The van der Waals surface area contributed by atoms with Crippen molar-refractivity contribution in [3.05, 3.63) is 77.0 Å². The molecule has 3 aromatic rings. The summed E-state index contributed by atoms with van der Waals surface area (Å²) in [4.78, 5) is 33.1. The molecule has 150 valence electrons. The van der Waals surface area contributed by atoms with Gasteiger partial charge in [0.2, 0.25) is 5.91 Å². The van der Waals surface area contributed by atoms with E-state index in [1.807, 2.05) is 54.6 Å². The number of nitrogens with two attached hydrogens (primary N) is 1. The Morgan fingerprint density at radius 1 is 1.17 bits per heavy atom. The highest BCUT2D eigenvalue weighted by atomic mass is 16.5. The number of hydrogen-bond acceptors (Lipinski definition) is 6. The number of likely N-dealkylation sites (N-methyl/N-ethyl adjacent to an activating group) is 1. The molecule has 0 unspecified atom stereocenters. The zero-order chi connectivity index (χ0) is 21.0. The number of oxazole rings is 1. The summed E-state index contributed by atoms with van der Waals surface area (Å²) in [6.45, 7) is 1.91. The third-order valence-electron chi connectivity index (χ3n) is 5.67. The van der Waals surface area contributed by atoms with Gasteiger partial charge in [0.15, 0.2) is 11.2 Å². The monoisotopic (exact) mass is 401 g/mol. The van der Waals surface area contributed by atoms with Crippen molar-refractivity contribution in [3.8, 4) is 11.3 Å². The van der Waals surface area contributed by atoms with Crippen molar-refractivity contribution in [2.75, 3.05) is 19.4 Å². The van der Waals surface area contributed by atoms with E-state index < -0.39 is 11.4 Å². The van der Waals surface area contributed by atoms with Crippen LogP contribution in [0.25, 0.3) is 17.0 Å². The van der Waals surface area contributed by atoms with Gasteiger partial charge in [-0.2, -0.15) is 4.98 Å². The van der Waals surface area contributed by atoms with Crippen LogP contribution < -0.4 is 5.73 Å². The third kappa shape index (κ3) is 2.11. The Balaban J connectivity index is 1.93. The second-order valence-corrected chi connectivity index (χ2v) is 7.20. The highest BCUT2D eigenvalue weighted by molar-refractivity contribution is 6.20. The number of nitrogens with zero attached hydrogens (tertiary/aromatic N) is 2. The molecular weight excluding hydrogens is 382 g/mol. The smallest absolute Gasteiger partial charge is 0.338 e. The average molecular weight is 401 g/mol. The molecule has 0 saturated heterocycles. The summed E-state index contributed by atoms with van der Waals surface area (Å²) < 4.78 is 11.1. The van der Waals surface area contributed by atoms with E-state index in [0.29, 0.717) is 28.3 Å². The van der Waals surface area contributed by atoms with Crippen molar-refractivity contribution >= 4 is 23.6 Å². The quantitative estimate of drug-likeness (QED) is 0.678. The van der Waals surface area contributed by atoms with E-state index in [0.717, 1.165) is 5.56 Å². The third-order valence-corrected chi connectivity index (χ3v) is 5.67. The number of rotatable bonds is 3. The lowest BCUT2D eigenvalue weighted by molar-refractivity contribution is -0.140. The van der Waals surface area contributed by atoms with E-state index in [4.69, 9.17) is 14.9 Å². The molecular formula is C23H19N3O4. The minimum atomic E-state index is -1.47. The first-order chi connectivity index (χ1) is 14.5. The lowest BCUT2D eigenvalue weighted by atomic mass is 9.74. The number of anilines is 1. The van der Waals surface area contributed by atoms with Crippen LogP contribution in [-0.2, 0) is 19.7 Å². The second-order valence-electron chi connectivity index (χ2n) is 7.20. The minimum Gasteiger partial charge on any atom is -0.463 e. The highest BCUT2D eigenvalue weighted by Crippen LogP contribution is 2.58. The van der Waals surface area contributed by atoms with Crippen molar-refractivity contribution in [2.24, 2.45) is 0 Å². The first kappa shape index (κ1) is 18.2. The Kier molecular flexibility index (Phi) is 3.83. The number of ether oxygens (including phenoxy) is 1. The van der Waals surface area contributed by atoms with Crippen LogP contribution in [0.5, 0.6) is 0 Å². The number of fused-ring (bicyclic) bond motifs is 5. The largest absolute Gasteiger partial charge is 0.463 e. The first-order valence-corrected chi connectivity index (χ1v) is 9.63. The normalized spacial score (nSPS) is 19.4. The van der Waals surface area contributed by atoms with Gasteiger partial charge in [0.05, 0.1) is 17.9 Å². The van der Waals surface area contributed by atoms with Crippen LogP contribution in [0.3, 0.4) is 0 Å². The molecule has 1 aromatic heterocycles. The van der Waals surface area contributed by atoms with Crippen LogP contribution in [0.4, 0.5) is 6.01 Å². The number of nitrogen functional groups attached to an aromatic ring is 1. The maximum Gasteiger partial charge on any atom is 0.338 e. The van der Waals surface area contributed by atoms with E-state index >= 15 is 0 Å². The predicted molar refractivity (Wildman–Crippen MR) is 110 cm³/mol. The molecule has 30 heavy (non-hydrogen) atoms.